The predicted molar refractivity (Wildman–Crippen MR) is 99.0 cm³/mol. The summed E-state index contributed by atoms with van der Waals surface area (Å²) in [6.07, 6.45) is 9.62. The third-order valence-electron chi connectivity index (χ3n) is 4.66. The van der Waals surface area contributed by atoms with Crippen molar-refractivity contribution in [3.63, 3.8) is 0 Å². The number of rotatable bonds is 13. The lowest BCUT2D eigenvalue weighted by molar-refractivity contribution is 0.178. The molecule has 0 fully saturated rings. The van der Waals surface area contributed by atoms with Crippen LogP contribution in [-0.2, 0) is 6.42 Å². The smallest absolute Gasteiger partial charge is 0.119 e. The zero-order valence-electron chi connectivity index (χ0n) is 15.4. The van der Waals surface area contributed by atoms with Gasteiger partial charge in [-0.2, -0.15) is 0 Å². The molecule has 1 rings (SSSR count). The molecule has 1 aromatic rings. The molecule has 0 saturated carbocycles. The molecule has 0 aliphatic rings. The average molecular weight is 321 g/mol. The van der Waals surface area contributed by atoms with Crippen LogP contribution in [-0.4, -0.2) is 18.3 Å². The highest BCUT2D eigenvalue weighted by Gasteiger charge is 2.11. The number of ether oxygens (including phenoxy) is 1. The highest BCUT2D eigenvalue weighted by atomic mass is 16.5. The summed E-state index contributed by atoms with van der Waals surface area (Å²) >= 11 is 0. The molecule has 2 heteroatoms. The lowest BCUT2D eigenvalue weighted by Gasteiger charge is -2.17. The van der Waals surface area contributed by atoms with Crippen molar-refractivity contribution in [2.24, 2.45) is 11.8 Å². The van der Waals surface area contributed by atoms with E-state index in [-0.39, 0.29) is 0 Å². The Balaban J connectivity index is 2.18. The highest BCUT2D eigenvalue weighted by Crippen LogP contribution is 2.19. The van der Waals surface area contributed by atoms with Gasteiger partial charge in [0.25, 0.3) is 0 Å². The minimum atomic E-state index is 0.321. The number of benzene rings is 1. The van der Waals surface area contributed by atoms with Gasteiger partial charge in [0.15, 0.2) is 0 Å². The summed E-state index contributed by atoms with van der Waals surface area (Å²) in [5.74, 6) is 2.03. The van der Waals surface area contributed by atoms with E-state index < -0.39 is 0 Å². The Labute approximate surface area is 143 Å². The van der Waals surface area contributed by atoms with E-state index in [0.29, 0.717) is 18.4 Å². The molecule has 0 radical (unpaired) electrons. The summed E-state index contributed by atoms with van der Waals surface area (Å²) in [7, 11) is 0. The fourth-order valence-electron chi connectivity index (χ4n) is 2.84. The van der Waals surface area contributed by atoms with Crippen molar-refractivity contribution in [2.75, 3.05) is 13.2 Å². The van der Waals surface area contributed by atoms with Crippen molar-refractivity contribution in [3.05, 3.63) is 29.8 Å². The van der Waals surface area contributed by atoms with Gasteiger partial charge in [0.05, 0.1) is 6.61 Å². The van der Waals surface area contributed by atoms with E-state index in [0.717, 1.165) is 31.6 Å². The zero-order chi connectivity index (χ0) is 16.9. The van der Waals surface area contributed by atoms with Crippen molar-refractivity contribution >= 4 is 0 Å². The maximum Gasteiger partial charge on any atom is 0.119 e. The van der Waals surface area contributed by atoms with Crippen molar-refractivity contribution in [3.8, 4) is 5.75 Å². The van der Waals surface area contributed by atoms with Crippen LogP contribution in [0.1, 0.15) is 71.3 Å². The van der Waals surface area contributed by atoms with Gasteiger partial charge in [-0.05, 0) is 55.2 Å². The number of hydrogen-bond donors (Lipinski definition) is 1. The van der Waals surface area contributed by atoms with E-state index in [1.165, 1.54) is 37.7 Å². The van der Waals surface area contributed by atoms with Gasteiger partial charge in [-0.15, -0.1) is 0 Å². The summed E-state index contributed by atoms with van der Waals surface area (Å²) in [6.45, 7) is 7.77. The number of hydrogen-bond acceptors (Lipinski definition) is 2. The molecule has 132 valence electrons. The lowest BCUT2D eigenvalue weighted by Crippen LogP contribution is -2.13. The molecule has 0 aromatic heterocycles. The Morgan fingerprint density at radius 3 is 2.30 bits per heavy atom. The van der Waals surface area contributed by atoms with Crippen LogP contribution in [0.15, 0.2) is 24.3 Å². The first-order chi connectivity index (χ1) is 11.2. The van der Waals surface area contributed by atoms with Gasteiger partial charge in [0, 0.05) is 6.61 Å². The number of unbranched alkanes of at least 4 members (excludes halogenated alkanes) is 4. The van der Waals surface area contributed by atoms with E-state index >= 15 is 0 Å². The predicted octanol–water partition coefficient (Wildman–Crippen LogP) is 5.62. The molecule has 1 atom stereocenters. The molecular weight excluding hydrogens is 284 g/mol. The van der Waals surface area contributed by atoms with Crippen LogP contribution in [0.4, 0.5) is 0 Å². The van der Waals surface area contributed by atoms with Crippen LogP contribution in [0.2, 0.25) is 0 Å². The normalized spacial score (nSPS) is 12.6. The summed E-state index contributed by atoms with van der Waals surface area (Å²) in [6, 6.07) is 8.57. The second kappa shape index (κ2) is 12.4. The molecule has 0 saturated heterocycles. The molecule has 1 N–H and O–H groups in total. The maximum absolute atomic E-state index is 9.35. The fraction of sp³-hybridized carbons (Fsp3) is 0.714. The van der Waals surface area contributed by atoms with Gasteiger partial charge in [0.2, 0.25) is 0 Å². The van der Waals surface area contributed by atoms with Crippen LogP contribution in [0.3, 0.4) is 0 Å². The molecule has 0 heterocycles. The fourth-order valence-corrected chi connectivity index (χ4v) is 2.84. The highest BCUT2D eigenvalue weighted by molar-refractivity contribution is 5.27. The molecule has 2 nitrogen and oxygen atoms in total. The second-order valence-corrected chi connectivity index (χ2v) is 6.99. The van der Waals surface area contributed by atoms with E-state index in [1.54, 1.807) is 0 Å². The number of aliphatic hydroxyl groups is 1. The molecule has 0 aliphatic carbocycles. The van der Waals surface area contributed by atoms with Crippen LogP contribution in [0.25, 0.3) is 0 Å². The zero-order valence-corrected chi connectivity index (χ0v) is 15.4. The number of aliphatic hydroxyl groups excluding tert-OH is 1. The average Bonchev–Trinajstić information content (AvgIpc) is 2.55. The minimum Gasteiger partial charge on any atom is -0.494 e. The lowest BCUT2D eigenvalue weighted by atomic mass is 9.91. The summed E-state index contributed by atoms with van der Waals surface area (Å²) in [5.41, 5.74) is 1.38. The van der Waals surface area contributed by atoms with E-state index in [4.69, 9.17) is 4.74 Å². The van der Waals surface area contributed by atoms with Crippen molar-refractivity contribution in [1.29, 1.82) is 0 Å². The van der Waals surface area contributed by atoms with Gasteiger partial charge in [-0.3, -0.25) is 0 Å². The third-order valence-corrected chi connectivity index (χ3v) is 4.66. The van der Waals surface area contributed by atoms with Crippen LogP contribution < -0.4 is 4.74 Å². The SMILES string of the molecule is CCCCCCOc1ccc(CCCC[C@H](CO)C(C)C)cc1. The first-order valence-electron chi connectivity index (χ1n) is 9.50. The Morgan fingerprint density at radius 1 is 0.957 bits per heavy atom. The van der Waals surface area contributed by atoms with Crippen LogP contribution >= 0.6 is 0 Å². The largest absolute Gasteiger partial charge is 0.494 e. The molecule has 0 unspecified atom stereocenters. The minimum absolute atomic E-state index is 0.321. The molecule has 0 amide bonds. The van der Waals surface area contributed by atoms with Gasteiger partial charge in [-0.1, -0.05) is 58.6 Å². The molecule has 0 bridgehead atoms. The van der Waals surface area contributed by atoms with Gasteiger partial charge >= 0.3 is 0 Å². The summed E-state index contributed by atoms with van der Waals surface area (Å²) in [4.78, 5) is 0. The van der Waals surface area contributed by atoms with Crippen molar-refractivity contribution in [1.82, 2.24) is 0 Å². The topological polar surface area (TPSA) is 29.5 Å². The van der Waals surface area contributed by atoms with E-state index in [1.807, 2.05) is 0 Å². The first kappa shape index (κ1) is 20.0. The first-order valence-corrected chi connectivity index (χ1v) is 9.50. The Kier molecular flexibility index (Phi) is 10.8. The van der Waals surface area contributed by atoms with E-state index in [9.17, 15) is 5.11 Å². The van der Waals surface area contributed by atoms with Crippen LogP contribution in [0.5, 0.6) is 5.75 Å². The van der Waals surface area contributed by atoms with Gasteiger partial charge < -0.3 is 9.84 Å². The molecule has 1 aromatic carbocycles. The Morgan fingerprint density at radius 2 is 1.70 bits per heavy atom. The monoisotopic (exact) mass is 320 g/mol. The second-order valence-electron chi connectivity index (χ2n) is 6.99. The van der Waals surface area contributed by atoms with Crippen molar-refractivity contribution in [2.45, 2.75) is 72.1 Å². The maximum atomic E-state index is 9.35. The van der Waals surface area contributed by atoms with Crippen molar-refractivity contribution < 1.29 is 9.84 Å². The Bertz CT molecular complexity index is 383. The Hall–Kier alpha value is -1.02. The van der Waals surface area contributed by atoms with Gasteiger partial charge in [-0.25, -0.2) is 0 Å². The summed E-state index contributed by atoms with van der Waals surface area (Å²) in [5, 5.41) is 9.35. The molecule has 0 aliphatic heterocycles. The molecule has 0 spiro atoms. The third kappa shape index (κ3) is 9.00. The quantitative estimate of drug-likeness (QED) is 0.478. The molecule has 23 heavy (non-hydrogen) atoms. The summed E-state index contributed by atoms with van der Waals surface area (Å²) < 4.78 is 5.78. The molecular formula is C21H36O2. The van der Waals surface area contributed by atoms with Gasteiger partial charge in [0.1, 0.15) is 5.75 Å². The van der Waals surface area contributed by atoms with E-state index in [2.05, 4.69) is 45.0 Å². The standard InChI is InChI=1S/C21H36O2/c1-4-5-6-9-16-23-21-14-12-19(13-15-21)10-7-8-11-20(17-22)18(2)3/h12-15,18,20,22H,4-11,16-17H2,1-3H3/t20-/m1/s1. The number of aryl methyl sites for hydroxylation is 1. The van der Waals surface area contributed by atoms with Crippen LogP contribution in [0, 0.1) is 11.8 Å².